The Kier molecular flexibility index (Phi) is 5.15. The van der Waals surface area contributed by atoms with Crippen LogP contribution in [0.15, 0.2) is 40.6 Å². The molecule has 1 heterocycles. The maximum Gasteiger partial charge on any atom is 0.240 e. The molecule has 0 atom stereocenters. The Morgan fingerprint density at radius 3 is 2.62 bits per heavy atom. The third kappa shape index (κ3) is 4.16. The van der Waals surface area contributed by atoms with Crippen molar-refractivity contribution in [2.45, 2.75) is 18.4 Å². The summed E-state index contributed by atoms with van der Waals surface area (Å²) in [6.07, 6.45) is 0. The average Bonchev–Trinajstić information content (AvgIpc) is 2.91. The van der Waals surface area contributed by atoms with Crippen molar-refractivity contribution in [3.8, 4) is 11.8 Å². The molecule has 0 radical (unpaired) electrons. The first-order chi connectivity index (χ1) is 10.0. The number of hydrogen-bond donors (Lipinski definition) is 2. The second-order valence-corrected chi connectivity index (χ2v) is 7.17. The van der Waals surface area contributed by atoms with Gasteiger partial charge in [0.15, 0.2) is 0 Å². The molecular weight excluding hydrogens is 304 g/mol. The van der Waals surface area contributed by atoms with Crippen molar-refractivity contribution in [1.82, 2.24) is 4.72 Å². The molecule has 110 valence electrons. The summed E-state index contributed by atoms with van der Waals surface area (Å²) < 4.78 is 27.0. The molecule has 0 saturated carbocycles. The van der Waals surface area contributed by atoms with Gasteiger partial charge in [-0.1, -0.05) is 29.5 Å². The van der Waals surface area contributed by atoms with Crippen LogP contribution in [0.1, 0.15) is 16.0 Å². The van der Waals surface area contributed by atoms with Crippen LogP contribution in [0.2, 0.25) is 0 Å². The number of aryl methyl sites for hydroxylation is 1. The Morgan fingerprint density at radius 1 is 1.24 bits per heavy atom. The molecular formula is C15H16N2O2S2. The van der Waals surface area contributed by atoms with Gasteiger partial charge in [-0.3, -0.25) is 0 Å². The zero-order valence-electron chi connectivity index (χ0n) is 11.6. The number of sulfonamides is 1. The van der Waals surface area contributed by atoms with Gasteiger partial charge in [0, 0.05) is 17.0 Å². The number of hydrogen-bond acceptors (Lipinski definition) is 4. The zero-order valence-corrected chi connectivity index (χ0v) is 13.2. The van der Waals surface area contributed by atoms with E-state index in [9.17, 15) is 8.42 Å². The molecule has 1 aromatic carbocycles. The predicted octanol–water partition coefficient (Wildman–Crippen LogP) is 1.85. The minimum atomic E-state index is -3.51. The molecule has 0 fully saturated rings. The van der Waals surface area contributed by atoms with Crippen LogP contribution in [0.25, 0.3) is 0 Å². The maximum atomic E-state index is 12.2. The first kappa shape index (κ1) is 15.7. The van der Waals surface area contributed by atoms with Crippen molar-refractivity contribution < 1.29 is 8.42 Å². The van der Waals surface area contributed by atoms with E-state index in [-0.39, 0.29) is 18.0 Å². The number of rotatable bonds is 4. The highest BCUT2D eigenvalue weighted by Crippen LogP contribution is 2.17. The Balaban J connectivity index is 2.12. The summed E-state index contributed by atoms with van der Waals surface area (Å²) in [5, 5.41) is 1.88. The third-order valence-electron chi connectivity index (χ3n) is 2.82. The SMILES string of the molecule is Cc1ccc(S(=O)(=O)NCc2sccc2C#CCN)cc1. The van der Waals surface area contributed by atoms with Crippen molar-refractivity contribution in [2.75, 3.05) is 6.54 Å². The summed E-state index contributed by atoms with van der Waals surface area (Å²) in [6.45, 7) is 2.42. The number of benzene rings is 1. The van der Waals surface area contributed by atoms with E-state index in [1.54, 1.807) is 24.3 Å². The summed E-state index contributed by atoms with van der Waals surface area (Å²) in [5.74, 6) is 5.71. The molecule has 0 spiro atoms. The molecule has 0 bridgehead atoms. The van der Waals surface area contributed by atoms with Crippen molar-refractivity contribution in [3.63, 3.8) is 0 Å². The van der Waals surface area contributed by atoms with E-state index < -0.39 is 10.0 Å². The number of nitrogens with two attached hydrogens (primary N) is 1. The first-order valence-corrected chi connectivity index (χ1v) is 8.71. The second-order valence-electron chi connectivity index (χ2n) is 4.40. The summed E-state index contributed by atoms with van der Waals surface area (Å²) in [4.78, 5) is 1.14. The molecule has 21 heavy (non-hydrogen) atoms. The Bertz CT molecular complexity index is 766. The Labute approximate surface area is 129 Å². The summed E-state index contributed by atoms with van der Waals surface area (Å²) >= 11 is 1.47. The van der Waals surface area contributed by atoms with Crippen LogP contribution < -0.4 is 10.5 Å². The second kappa shape index (κ2) is 6.87. The lowest BCUT2D eigenvalue weighted by molar-refractivity contribution is 0.582. The first-order valence-electron chi connectivity index (χ1n) is 6.34. The molecule has 0 saturated heterocycles. The standard InChI is InChI=1S/C15H16N2O2S2/c1-12-4-6-14(7-5-12)21(18,19)17-11-15-13(3-2-9-16)8-10-20-15/h4-8,10,17H,9,11,16H2,1H3. The van der Waals surface area contributed by atoms with Gasteiger partial charge in [0.05, 0.1) is 11.4 Å². The molecule has 2 aromatic rings. The molecule has 3 N–H and O–H groups in total. The fourth-order valence-corrected chi connectivity index (χ4v) is 3.55. The van der Waals surface area contributed by atoms with Gasteiger partial charge in [-0.15, -0.1) is 11.3 Å². The van der Waals surface area contributed by atoms with Crippen molar-refractivity contribution >= 4 is 21.4 Å². The van der Waals surface area contributed by atoms with Crippen LogP contribution in [0.3, 0.4) is 0 Å². The quantitative estimate of drug-likeness (QED) is 0.845. The Hall–Kier alpha value is -1.65. The van der Waals surface area contributed by atoms with Crippen LogP contribution >= 0.6 is 11.3 Å². The lowest BCUT2D eigenvalue weighted by Gasteiger charge is -2.06. The van der Waals surface area contributed by atoms with Crippen LogP contribution in [0, 0.1) is 18.8 Å². The normalized spacial score (nSPS) is 11.0. The van der Waals surface area contributed by atoms with Gasteiger partial charge >= 0.3 is 0 Å². The summed E-state index contributed by atoms with van der Waals surface area (Å²) in [5.41, 5.74) is 7.18. The number of thiophene rings is 1. The van der Waals surface area contributed by atoms with Crippen LogP contribution in [0.5, 0.6) is 0 Å². The summed E-state index contributed by atoms with van der Waals surface area (Å²) in [6, 6.07) is 8.61. The van der Waals surface area contributed by atoms with E-state index in [1.807, 2.05) is 18.4 Å². The van der Waals surface area contributed by atoms with E-state index in [1.165, 1.54) is 11.3 Å². The summed E-state index contributed by atoms with van der Waals surface area (Å²) in [7, 11) is -3.51. The molecule has 0 aliphatic rings. The maximum absolute atomic E-state index is 12.2. The zero-order chi connectivity index (χ0) is 15.3. The minimum Gasteiger partial charge on any atom is -0.320 e. The largest absolute Gasteiger partial charge is 0.320 e. The lowest BCUT2D eigenvalue weighted by Crippen LogP contribution is -2.23. The Morgan fingerprint density at radius 2 is 1.95 bits per heavy atom. The van der Waals surface area contributed by atoms with Gasteiger partial charge in [-0.05, 0) is 30.5 Å². The molecule has 0 aliphatic heterocycles. The molecule has 0 unspecified atom stereocenters. The van der Waals surface area contributed by atoms with Crippen molar-refractivity contribution in [1.29, 1.82) is 0 Å². The van der Waals surface area contributed by atoms with E-state index in [0.717, 1.165) is 16.0 Å². The fraction of sp³-hybridized carbons (Fsp3) is 0.200. The van der Waals surface area contributed by atoms with Gasteiger partial charge in [0.1, 0.15) is 0 Å². The lowest BCUT2D eigenvalue weighted by atomic mass is 10.2. The minimum absolute atomic E-state index is 0.225. The monoisotopic (exact) mass is 320 g/mol. The van der Waals surface area contributed by atoms with Crippen molar-refractivity contribution in [2.24, 2.45) is 5.73 Å². The average molecular weight is 320 g/mol. The highest BCUT2D eigenvalue weighted by molar-refractivity contribution is 7.89. The van der Waals surface area contributed by atoms with Crippen LogP contribution in [0.4, 0.5) is 0 Å². The topological polar surface area (TPSA) is 72.2 Å². The van der Waals surface area contributed by atoms with Gasteiger partial charge in [-0.2, -0.15) is 0 Å². The molecule has 0 amide bonds. The van der Waals surface area contributed by atoms with E-state index in [0.29, 0.717) is 0 Å². The van der Waals surface area contributed by atoms with Crippen LogP contribution in [-0.4, -0.2) is 15.0 Å². The molecule has 0 aliphatic carbocycles. The van der Waals surface area contributed by atoms with Gasteiger partial charge in [0.25, 0.3) is 0 Å². The van der Waals surface area contributed by atoms with E-state index in [4.69, 9.17) is 5.73 Å². The predicted molar refractivity (Wildman–Crippen MR) is 85.5 cm³/mol. The van der Waals surface area contributed by atoms with Gasteiger partial charge < -0.3 is 5.73 Å². The number of nitrogens with one attached hydrogen (secondary N) is 1. The van der Waals surface area contributed by atoms with E-state index >= 15 is 0 Å². The highest BCUT2D eigenvalue weighted by Gasteiger charge is 2.14. The van der Waals surface area contributed by atoms with E-state index in [2.05, 4.69) is 16.6 Å². The molecule has 2 rings (SSSR count). The smallest absolute Gasteiger partial charge is 0.240 e. The van der Waals surface area contributed by atoms with Crippen LogP contribution in [-0.2, 0) is 16.6 Å². The van der Waals surface area contributed by atoms with Gasteiger partial charge in [-0.25, -0.2) is 13.1 Å². The molecule has 4 nitrogen and oxygen atoms in total. The van der Waals surface area contributed by atoms with Crippen molar-refractivity contribution in [3.05, 3.63) is 51.7 Å². The molecule has 6 heteroatoms. The highest BCUT2D eigenvalue weighted by atomic mass is 32.2. The fourth-order valence-electron chi connectivity index (χ4n) is 1.70. The third-order valence-corrected chi connectivity index (χ3v) is 5.16. The molecule has 1 aromatic heterocycles. The van der Waals surface area contributed by atoms with Gasteiger partial charge in [0.2, 0.25) is 10.0 Å².